The molecule has 9 nitrogen and oxygen atoms in total. The third-order valence-corrected chi connectivity index (χ3v) is 5.85. The second-order valence-corrected chi connectivity index (χ2v) is 7.98. The van der Waals surface area contributed by atoms with Gasteiger partial charge in [-0.05, 0) is 37.8 Å². The van der Waals surface area contributed by atoms with Crippen molar-refractivity contribution in [1.29, 1.82) is 0 Å². The van der Waals surface area contributed by atoms with Crippen LogP contribution in [0.2, 0.25) is 0 Å². The molecule has 0 unspecified atom stereocenters. The Hall–Kier alpha value is -2.68. The standard InChI is InChI=1S/C21H29N3O6/c1-14-5-3-4-6-17(14)22-20(25)15(2)30-21(26)16-7-8-18(19(13-16)24(27)28)23-9-11-29-12-10-23/h7-8,13-15,17H,3-6,9-12H2,1-2H3,(H,22,25)/t14-,15-,17+/m1/s1. The highest BCUT2D eigenvalue weighted by atomic mass is 16.6. The van der Waals surface area contributed by atoms with Crippen molar-refractivity contribution >= 4 is 23.3 Å². The average molecular weight is 419 g/mol. The summed E-state index contributed by atoms with van der Waals surface area (Å²) in [6.45, 7) is 5.69. The summed E-state index contributed by atoms with van der Waals surface area (Å²) in [7, 11) is 0. The summed E-state index contributed by atoms with van der Waals surface area (Å²) in [5, 5.41) is 14.5. The largest absolute Gasteiger partial charge is 0.449 e. The molecule has 1 N–H and O–H groups in total. The minimum absolute atomic E-state index is 0.0457. The highest BCUT2D eigenvalue weighted by Crippen LogP contribution is 2.30. The summed E-state index contributed by atoms with van der Waals surface area (Å²) in [5.41, 5.74) is 0.320. The van der Waals surface area contributed by atoms with Gasteiger partial charge in [0.15, 0.2) is 6.10 Å². The van der Waals surface area contributed by atoms with Crippen molar-refractivity contribution in [3.63, 3.8) is 0 Å². The second kappa shape index (κ2) is 9.88. The molecule has 1 aromatic carbocycles. The van der Waals surface area contributed by atoms with E-state index in [4.69, 9.17) is 9.47 Å². The van der Waals surface area contributed by atoms with E-state index in [-0.39, 0.29) is 23.2 Å². The summed E-state index contributed by atoms with van der Waals surface area (Å²) >= 11 is 0. The Morgan fingerprint density at radius 3 is 2.63 bits per heavy atom. The first-order chi connectivity index (χ1) is 14.4. The van der Waals surface area contributed by atoms with Crippen LogP contribution in [0.3, 0.4) is 0 Å². The molecule has 1 aromatic rings. The number of carbonyl (C=O) groups is 2. The fourth-order valence-electron chi connectivity index (χ4n) is 3.98. The number of rotatable bonds is 6. The van der Waals surface area contributed by atoms with E-state index >= 15 is 0 Å². The maximum atomic E-state index is 12.5. The average Bonchev–Trinajstić information content (AvgIpc) is 2.75. The number of nitrogens with one attached hydrogen (secondary N) is 1. The Bertz CT molecular complexity index is 793. The lowest BCUT2D eigenvalue weighted by atomic mass is 9.86. The summed E-state index contributed by atoms with van der Waals surface area (Å²) in [4.78, 5) is 37.9. The molecule has 1 saturated carbocycles. The van der Waals surface area contributed by atoms with Crippen molar-refractivity contribution in [2.24, 2.45) is 5.92 Å². The maximum absolute atomic E-state index is 12.5. The number of nitro groups is 1. The predicted molar refractivity (Wildman–Crippen MR) is 111 cm³/mol. The zero-order valence-electron chi connectivity index (χ0n) is 17.5. The molecular weight excluding hydrogens is 390 g/mol. The summed E-state index contributed by atoms with van der Waals surface area (Å²) in [6.07, 6.45) is 3.24. The summed E-state index contributed by atoms with van der Waals surface area (Å²) < 4.78 is 10.6. The van der Waals surface area contributed by atoms with Gasteiger partial charge in [-0.25, -0.2) is 4.79 Å². The molecule has 2 fully saturated rings. The lowest BCUT2D eigenvalue weighted by Crippen LogP contribution is -2.46. The fourth-order valence-corrected chi connectivity index (χ4v) is 3.98. The van der Waals surface area contributed by atoms with Crippen LogP contribution in [0.1, 0.15) is 49.9 Å². The van der Waals surface area contributed by atoms with E-state index in [9.17, 15) is 19.7 Å². The molecule has 0 aromatic heterocycles. The van der Waals surface area contributed by atoms with Gasteiger partial charge in [-0.1, -0.05) is 19.8 Å². The van der Waals surface area contributed by atoms with Gasteiger partial charge in [0.05, 0.1) is 23.7 Å². The van der Waals surface area contributed by atoms with Gasteiger partial charge in [0.25, 0.3) is 11.6 Å². The Balaban J connectivity index is 1.66. The zero-order chi connectivity index (χ0) is 21.7. The van der Waals surface area contributed by atoms with Gasteiger partial charge in [0.2, 0.25) is 0 Å². The summed E-state index contributed by atoms with van der Waals surface area (Å²) in [6, 6.07) is 4.34. The number of ether oxygens (including phenoxy) is 2. The van der Waals surface area contributed by atoms with Gasteiger partial charge in [0, 0.05) is 25.2 Å². The van der Waals surface area contributed by atoms with Crippen molar-refractivity contribution in [1.82, 2.24) is 5.32 Å². The van der Waals surface area contributed by atoms with Gasteiger partial charge in [-0.2, -0.15) is 0 Å². The maximum Gasteiger partial charge on any atom is 0.339 e. The van der Waals surface area contributed by atoms with Crippen LogP contribution in [-0.2, 0) is 14.3 Å². The van der Waals surface area contributed by atoms with Crippen LogP contribution in [0.15, 0.2) is 18.2 Å². The number of nitro benzene ring substituents is 1. The van der Waals surface area contributed by atoms with Gasteiger partial charge >= 0.3 is 5.97 Å². The fraction of sp³-hybridized carbons (Fsp3) is 0.619. The number of benzene rings is 1. The smallest absolute Gasteiger partial charge is 0.339 e. The van der Waals surface area contributed by atoms with Crippen LogP contribution in [-0.4, -0.2) is 55.2 Å². The first-order valence-corrected chi connectivity index (χ1v) is 10.5. The molecular formula is C21H29N3O6. The van der Waals surface area contributed by atoms with Crippen molar-refractivity contribution in [2.75, 3.05) is 31.2 Å². The van der Waals surface area contributed by atoms with E-state index in [0.717, 1.165) is 25.7 Å². The van der Waals surface area contributed by atoms with Crippen molar-refractivity contribution < 1.29 is 24.0 Å². The summed E-state index contributed by atoms with van der Waals surface area (Å²) in [5.74, 6) is -0.714. The predicted octanol–water partition coefficient (Wildman–Crippen LogP) is 2.67. The van der Waals surface area contributed by atoms with E-state index in [0.29, 0.717) is 37.9 Å². The Morgan fingerprint density at radius 1 is 1.27 bits per heavy atom. The topological polar surface area (TPSA) is 111 Å². The molecule has 3 rings (SSSR count). The lowest BCUT2D eigenvalue weighted by Gasteiger charge is -2.30. The van der Waals surface area contributed by atoms with Gasteiger partial charge in [-0.15, -0.1) is 0 Å². The molecule has 2 aliphatic rings. The van der Waals surface area contributed by atoms with Crippen LogP contribution in [0.4, 0.5) is 11.4 Å². The van der Waals surface area contributed by atoms with Crippen molar-refractivity contribution in [2.45, 2.75) is 51.7 Å². The van der Waals surface area contributed by atoms with Crippen LogP contribution >= 0.6 is 0 Å². The minimum Gasteiger partial charge on any atom is -0.449 e. The molecule has 1 amide bonds. The molecule has 1 aliphatic carbocycles. The van der Waals surface area contributed by atoms with E-state index in [1.807, 2.05) is 4.90 Å². The number of morpholine rings is 1. The SMILES string of the molecule is C[C@@H]1CCCC[C@@H]1NC(=O)[C@@H](C)OC(=O)c1ccc(N2CCOCC2)c([N+](=O)[O-])c1. The van der Waals surface area contributed by atoms with Crippen LogP contribution < -0.4 is 10.2 Å². The number of hydrogen-bond donors (Lipinski definition) is 1. The number of carbonyl (C=O) groups excluding carboxylic acids is 2. The molecule has 30 heavy (non-hydrogen) atoms. The van der Waals surface area contributed by atoms with Crippen molar-refractivity contribution in [3.8, 4) is 0 Å². The number of esters is 1. The highest BCUT2D eigenvalue weighted by molar-refractivity contribution is 5.93. The Kier molecular flexibility index (Phi) is 7.25. The number of amides is 1. The molecule has 0 bridgehead atoms. The van der Waals surface area contributed by atoms with E-state index in [1.165, 1.54) is 19.1 Å². The Labute approximate surface area is 175 Å². The molecule has 164 valence electrons. The van der Waals surface area contributed by atoms with E-state index < -0.39 is 17.0 Å². The lowest BCUT2D eigenvalue weighted by molar-refractivity contribution is -0.384. The highest BCUT2D eigenvalue weighted by Gasteiger charge is 2.28. The third kappa shape index (κ3) is 5.27. The monoisotopic (exact) mass is 419 g/mol. The molecule has 1 aliphatic heterocycles. The first-order valence-electron chi connectivity index (χ1n) is 10.5. The molecule has 1 saturated heterocycles. The van der Waals surface area contributed by atoms with Gasteiger partial charge in [-0.3, -0.25) is 14.9 Å². The Morgan fingerprint density at radius 2 is 1.97 bits per heavy atom. The van der Waals surface area contributed by atoms with E-state index in [2.05, 4.69) is 12.2 Å². The normalized spacial score (nSPS) is 22.8. The van der Waals surface area contributed by atoms with E-state index in [1.54, 1.807) is 6.07 Å². The third-order valence-electron chi connectivity index (χ3n) is 5.85. The number of anilines is 1. The van der Waals surface area contributed by atoms with Gasteiger partial charge in [0.1, 0.15) is 5.69 Å². The van der Waals surface area contributed by atoms with Crippen LogP contribution in [0.5, 0.6) is 0 Å². The molecule has 1 heterocycles. The molecule has 9 heteroatoms. The van der Waals surface area contributed by atoms with Crippen molar-refractivity contribution in [3.05, 3.63) is 33.9 Å². The second-order valence-electron chi connectivity index (χ2n) is 7.98. The number of nitrogens with zero attached hydrogens (tertiary/aromatic N) is 2. The first kappa shape index (κ1) is 22.0. The quantitative estimate of drug-likeness (QED) is 0.429. The minimum atomic E-state index is -0.982. The van der Waals surface area contributed by atoms with Crippen LogP contribution in [0.25, 0.3) is 0 Å². The van der Waals surface area contributed by atoms with Crippen LogP contribution in [0, 0.1) is 16.0 Å². The zero-order valence-corrected chi connectivity index (χ0v) is 17.5. The molecule has 0 radical (unpaired) electrons. The molecule has 0 spiro atoms. The number of hydrogen-bond acceptors (Lipinski definition) is 7. The molecule has 3 atom stereocenters. The van der Waals surface area contributed by atoms with Gasteiger partial charge < -0.3 is 19.7 Å².